The highest BCUT2D eigenvalue weighted by Gasteiger charge is 2.21. The van der Waals surface area contributed by atoms with Crippen LogP contribution < -0.4 is 0 Å². The lowest BCUT2D eigenvalue weighted by molar-refractivity contribution is -0.130. The van der Waals surface area contributed by atoms with Crippen molar-refractivity contribution in [3.8, 4) is 0 Å². The average molecular weight is 428 g/mol. The van der Waals surface area contributed by atoms with Gasteiger partial charge in [0.05, 0.1) is 5.75 Å². The van der Waals surface area contributed by atoms with Gasteiger partial charge in [-0.15, -0.1) is 16.4 Å². The van der Waals surface area contributed by atoms with Crippen molar-refractivity contribution in [3.63, 3.8) is 0 Å². The van der Waals surface area contributed by atoms with Crippen molar-refractivity contribution in [2.45, 2.75) is 25.0 Å². The largest absolute Gasteiger partial charge is 0.339 e. The van der Waals surface area contributed by atoms with E-state index in [0.717, 1.165) is 45.0 Å². The molecule has 1 aromatic carbocycles. The van der Waals surface area contributed by atoms with Gasteiger partial charge in [-0.2, -0.15) is 0 Å². The number of aromatic nitrogens is 3. The summed E-state index contributed by atoms with van der Waals surface area (Å²) in [5.74, 6) is 1.38. The molecule has 2 aromatic heterocycles. The summed E-state index contributed by atoms with van der Waals surface area (Å²) in [6.45, 7) is 6.46. The van der Waals surface area contributed by atoms with E-state index >= 15 is 0 Å². The van der Waals surface area contributed by atoms with Crippen LogP contribution in [0.2, 0.25) is 0 Å². The first-order valence-corrected chi connectivity index (χ1v) is 11.6. The third-order valence-corrected chi connectivity index (χ3v) is 6.68. The standard InChI is InChI=1S/C21H25N5OS2/c1-16-4-2-5-17(12-16)14-25-7-9-26(10-8-25)20(27)15-29-21-22-19(23-24-21)13-18-6-3-11-28-18/h2-6,11-12H,7-10,13-15H2,1H3,(H,22,23,24). The Kier molecular flexibility index (Phi) is 6.63. The van der Waals surface area contributed by atoms with Crippen LogP contribution >= 0.6 is 23.1 Å². The zero-order chi connectivity index (χ0) is 20.1. The quantitative estimate of drug-likeness (QED) is 0.587. The molecule has 0 bridgehead atoms. The second kappa shape index (κ2) is 9.56. The van der Waals surface area contributed by atoms with Gasteiger partial charge in [-0.25, -0.2) is 4.98 Å². The van der Waals surface area contributed by atoms with E-state index < -0.39 is 0 Å². The van der Waals surface area contributed by atoms with Gasteiger partial charge in [0.15, 0.2) is 0 Å². The molecule has 1 fully saturated rings. The van der Waals surface area contributed by atoms with Crippen LogP contribution in [0.5, 0.6) is 0 Å². The van der Waals surface area contributed by atoms with Gasteiger partial charge in [-0.1, -0.05) is 47.7 Å². The zero-order valence-corrected chi connectivity index (χ0v) is 18.1. The minimum absolute atomic E-state index is 0.162. The highest BCUT2D eigenvalue weighted by Crippen LogP contribution is 2.17. The number of thioether (sulfide) groups is 1. The molecule has 1 aliphatic rings. The molecule has 1 aliphatic heterocycles. The lowest BCUT2D eigenvalue weighted by Gasteiger charge is -2.34. The Balaban J connectivity index is 1.20. The van der Waals surface area contributed by atoms with Crippen molar-refractivity contribution in [3.05, 3.63) is 63.6 Å². The van der Waals surface area contributed by atoms with Crippen molar-refractivity contribution < 1.29 is 4.79 Å². The molecule has 3 aromatic rings. The molecule has 0 spiro atoms. The van der Waals surface area contributed by atoms with Crippen LogP contribution in [-0.4, -0.2) is 62.8 Å². The number of nitrogens with one attached hydrogen (secondary N) is 1. The van der Waals surface area contributed by atoms with Gasteiger partial charge >= 0.3 is 0 Å². The number of nitrogens with zero attached hydrogens (tertiary/aromatic N) is 4. The molecule has 1 amide bonds. The summed E-state index contributed by atoms with van der Waals surface area (Å²) in [6.07, 6.45) is 0.752. The minimum Gasteiger partial charge on any atom is -0.339 e. The Labute approximate surface area is 179 Å². The average Bonchev–Trinajstić information content (AvgIpc) is 3.39. The van der Waals surface area contributed by atoms with Crippen LogP contribution in [0.1, 0.15) is 21.8 Å². The molecule has 1 N–H and O–H groups in total. The summed E-state index contributed by atoms with van der Waals surface area (Å²) < 4.78 is 0. The molecule has 0 aliphatic carbocycles. The molecule has 0 unspecified atom stereocenters. The fourth-order valence-corrected chi connectivity index (χ4v) is 4.87. The van der Waals surface area contributed by atoms with Gasteiger partial charge < -0.3 is 4.90 Å². The molecule has 0 saturated carbocycles. The summed E-state index contributed by atoms with van der Waals surface area (Å²) in [6, 6.07) is 12.8. The zero-order valence-electron chi connectivity index (χ0n) is 16.5. The summed E-state index contributed by atoms with van der Waals surface area (Å²) in [5.41, 5.74) is 2.63. The van der Waals surface area contributed by atoms with Crippen molar-refractivity contribution >= 4 is 29.0 Å². The molecule has 1 saturated heterocycles. The Morgan fingerprint density at radius 3 is 2.83 bits per heavy atom. The van der Waals surface area contributed by atoms with Gasteiger partial charge in [0, 0.05) is 44.0 Å². The number of piperazine rings is 1. The molecule has 0 radical (unpaired) electrons. The maximum absolute atomic E-state index is 12.6. The number of hydrogen-bond donors (Lipinski definition) is 1. The van der Waals surface area contributed by atoms with Crippen LogP contribution in [-0.2, 0) is 17.8 Å². The summed E-state index contributed by atoms with van der Waals surface area (Å²) >= 11 is 3.11. The predicted molar refractivity (Wildman–Crippen MR) is 117 cm³/mol. The predicted octanol–water partition coefficient (Wildman–Crippen LogP) is 3.20. The lowest BCUT2D eigenvalue weighted by atomic mass is 10.1. The number of hydrogen-bond acceptors (Lipinski definition) is 6. The first kappa shape index (κ1) is 20.1. The third-order valence-electron chi connectivity index (χ3n) is 4.97. The molecule has 152 valence electrons. The van der Waals surface area contributed by atoms with E-state index in [1.165, 1.54) is 27.8 Å². The second-order valence-electron chi connectivity index (χ2n) is 7.26. The highest BCUT2D eigenvalue weighted by molar-refractivity contribution is 7.99. The smallest absolute Gasteiger partial charge is 0.233 e. The van der Waals surface area contributed by atoms with E-state index in [1.54, 1.807) is 11.3 Å². The number of benzene rings is 1. The Hall–Kier alpha value is -2.16. The number of H-pyrrole nitrogens is 1. The molecule has 29 heavy (non-hydrogen) atoms. The molecule has 3 heterocycles. The number of carbonyl (C=O) groups excluding carboxylic acids is 1. The van der Waals surface area contributed by atoms with Gasteiger partial charge in [-0.3, -0.25) is 14.8 Å². The van der Waals surface area contributed by atoms with E-state index in [1.807, 2.05) is 11.0 Å². The van der Waals surface area contributed by atoms with Crippen molar-refractivity contribution in [2.75, 3.05) is 31.9 Å². The molecule has 4 rings (SSSR count). The fraction of sp³-hybridized carbons (Fsp3) is 0.381. The molecule has 0 atom stereocenters. The summed E-state index contributed by atoms with van der Waals surface area (Å²) in [5, 5.41) is 9.90. The maximum atomic E-state index is 12.6. The number of aromatic amines is 1. The number of thiophene rings is 1. The number of amides is 1. The highest BCUT2D eigenvalue weighted by atomic mass is 32.2. The number of aryl methyl sites for hydroxylation is 1. The van der Waals surface area contributed by atoms with Gasteiger partial charge in [0.1, 0.15) is 5.82 Å². The van der Waals surface area contributed by atoms with E-state index in [4.69, 9.17) is 0 Å². The normalized spacial score (nSPS) is 15.0. The van der Waals surface area contributed by atoms with E-state index in [9.17, 15) is 4.79 Å². The van der Waals surface area contributed by atoms with Crippen molar-refractivity contribution in [1.29, 1.82) is 0 Å². The van der Waals surface area contributed by atoms with E-state index in [2.05, 4.69) is 62.7 Å². The van der Waals surface area contributed by atoms with Crippen LogP contribution in [0.3, 0.4) is 0 Å². The van der Waals surface area contributed by atoms with Gasteiger partial charge in [-0.05, 0) is 23.9 Å². The molecular weight excluding hydrogens is 402 g/mol. The van der Waals surface area contributed by atoms with Crippen molar-refractivity contribution in [1.82, 2.24) is 25.0 Å². The lowest BCUT2D eigenvalue weighted by Crippen LogP contribution is -2.48. The van der Waals surface area contributed by atoms with Gasteiger partial charge in [0.2, 0.25) is 11.1 Å². The van der Waals surface area contributed by atoms with E-state index in [0.29, 0.717) is 10.9 Å². The SMILES string of the molecule is Cc1cccc(CN2CCN(C(=O)CSc3n[nH]c(Cc4cccs4)n3)CC2)c1. The summed E-state index contributed by atoms with van der Waals surface area (Å²) in [4.78, 5) is 22.7. The Bertz CT molecular complexity index is 932. The first-order chi connectivity index (χ1) is 14.2. The monoisotopic (exact) mass is 427 g/mol. The van der Waals surface area contributed by atoms with E-state index in [-0.39, 0.29) is 5.91 Å². The Morgan fingerprint density at radius 1 is 1.21 bits per heavy atom. The number of carbonyl (C=O) groups is 1. The maximum Gasteiger partial charge on any atom is 0.233 e. The Morgan fingerprint density at radius 2 is 2.07 bits per heavy atom. The second-order valence-corrected chi connectivity index (χ2v) is 9.23. The van der Waals surface area contributed by atoms with Gasteiger partial charge in [0.25, 0.3) is 0 Å². The fourth-order valence-electron chi connectivity index (χ4n) is 3.44. The molecular formula is C21H25N5OS2. The third kappa shape index (κ3) is 5.68. The molecule has 8 heteroatoms. The minimum atomic E-state index is 0.162. The van der Waals surface area contributed by atoms with Crippen molar-refractivity contribution in [2.24, 2.45) is 0 Å². The van der Waals surface area contributed by atoms with Crippen LogP contribution in [0, 0.1) is 6.92 Å². The van der Waals surface area contributed by atoms with Crippen LogP contribution in [0.25, 0.3) is 0 Å². The van der Waals surface area contributed by atoms with Crippen LogP contribution in [0.4, 0.5) is 0 Å². The topological polar surface area (TPSA) is 65.1 Å². The van der Waals surface area contributed by atoms with Crippen LogP contribution in [0.15, 0.2) is 46.9 Å². The summed E-state index contributed by atoms with van der Waals surface area (Å²) in [7, 11) is 0. The molecule has 6 nitrogen and oxygen atoms in total. The first-order valence-electron chi connectivity index (χ1n) is 9.78. The number of rotatable bonds is 7.